The molecule has 19 heavy (non-hydrogen) atoms. The van der Waals surface area contributed by atoms with Crippen molar-refractivity contribution < 1.29 is 0 Å². The molecule has 2 aromatic heterocycles. The van der Waals surface area contributed by atoms with Crippen LogP contribution in [0.15, 0.2) is 17.5 Å². The van der Waals surface area contributed by atoms with Gasteiger partial charge in [-0.05, 0) is 12.5 Å². The molecule has 1 saturated heterocycles. The summed E-state index contributed by atoms with van der Waals surface area (Å²) in [5.74, 6) is 1.14. The number of nitrogens with two attached hydrogens (primary N) is 1. The molecule has 0 atom stereocenters. The summed E-state index contributed by atoms with van der Waals surface area (Å²) in [6.45, 7) is 5.60. The second kappa shape index (κ2) is 4.85. The lowest BCUT2D eigenvalue weighted by atomic mass is 10.2. The number of nitrogens with one attached hydrogen (secondary N) is 2. The number of piperazine rings is 1. The largest absolute Gasteiger partial charge is 0.369 e. The molecule has 100 valence electrons. The summed E-state index contributed by atoms with van der Waals surface area (Å²) in [6, 6.07) is 0. The van der Waals surface area contributed by atoms with Crippen LogP contribution >= 0.6 is 0 Å². The maximum atomic E-state index is 6.07. The Bertz CT molecular complexity index is 610. The van der Waals surface area contributed by atoms with Crippen LogP contribution in [0, 0.1) is 6.92 Å². The van der Waals surface area contributed by atoms with Crippen molar-refractivity contribution in [3.8, 4) is 0 Å². The van der Waals surface area contributed by atoms with Crippen LogP contribution in [0.25, 0.3) is 11.0 Å². The molecule has 0 aromatic carbocycles. The van der Waals surface area contributed by atoms with Gasteiger partial charge in [-0.15, -0.1) is 0 Å². The van der Waals surface area contributed by atoms with Gasteiger partial charge in [-0.2, -0.15) is 4.99 Å². The van der Waals surface area contributed by atoms with Crippen LogP contribution in [0.3, 0.4) is 0 Å². The standard InChI is InChI=1S/C12H17N7/c1-8-6-15-10-9(8)11(17-7-16-10)18-12(13)19-4-2-14-3-5-19/h6-7,14H,2-5H2,1H3,(H3,13,15,16,17,18). The Morgan fingerprint density at radius 1 is 1.37 bits per heavy atom. The van der Waals surface area contributed by atoms with E-state index in [4.69, 9.17) is 5.73 Å². The SMILES string of the molecule is Cc1c[nH]c2ncnc(N=C(N)N3CCNCC3)c12. The van der Waals surface area contributed by atoms with E-state index in [1.807, 2.05) is 13.1 Å². The zero-order chi connectivity index (χ0) is 13.2. The van der Waals surface area contributed by atoms with Crippen LogP contribution < -0.4 is 11.1 Å². The Kier molecular flexibility index (Phi) is 3.04. The number of aliphatic imine (C=N–C) groups is 1. The Balaban J connectivity index is 1.97. The highest BCUT2D eigenvalue weighted by Crippen LogP contribution is 2.24. The second-order valence-electron chi connectivity index (χ2n) is 4.60. The summed E-state index contributed by atoms with van der Waals surface area (Å²) in [7, 11) is 0. The topological polar surface area (TPSA) is 95.2 Å². The average molecular weight is 259 g/mol. The van der Waals surface area contributed by atoms with Crippen LogP contribution in [0.5, 0.6) is 0 Å². The Hall–Kier alpha value is -2.15. The van der Waals surface area contributed by atoms with Gasteiger partial charge in [0.25, 0.3) is 0 Å². The molecule has 1 aliphatic heterocycles. The molecule has 3 rings (SSSR count). The van der Waals surface area contributed by atoms with Gasteiger partial charge in [0.15, 0.2) is 11.8 Å². The van der Waals surface area contributed by atoms with Gasteiger partial charge in [0.05, 0.1) is 5.39 Å². The third-order valence-electron chi connectivity index (χ3n) is 3.31. The van der Waals surface area contributed by atoms with Crippen LogP contribution in [0.2, 0.25) is 0 Å². The highest BCUT2D eigenvalue weighted by atomic mass is 15.3. The van der Waals surface area contributed by atoms with Gasteiger partial charge in [-0.1, -0.05) is 0 Å². The fraction of sp³-hybridized carbons (Fsp3) is 0.417. The first-order chi connectivity index (χ1) is 9.25. The molecular formula is C12H17N7. The highest BCUT2D eigenvalue weighted by Gasteiger charge is 2.13. The zero-order valence-electron chi connectivity index (χ0n) is 10.8. The smallest absolute Gasteiger partial charge is 0.198 e. The Morgan fingerprint density at radius 3 is 2.95 bits per heavy atom. The molecule has 0 radical (unpaired) electrons. The lowest BCUT2D eigenvalue weighted by Crippen LogP contribution is -2.49. The number of nitrogens with zero attached hydrogens (tertiary/aromatic N) is 4. The van der Waals surface area contributed by atoms with Crippen LogP contribution in [-0.4, -0.2) is 52.0 Å². The van der Waals surface area contributed by atoms with Crippen molar-refractivity contribution in [3.63, 3.8) is 0 Å². The van der Waals surface area contributed by atoms with Gasteiger partial charge in [0.2, 0.25) is 0 Å². The molecule has 0 spiro atoms. The number of aryl methyl sites for hydroxylation is 1. The molecule has 0 saturated carbocycles. The lowest BCUT2D eigenvalue weighted by molar-refractivity contribution is 0.354. The van der Waals surface area contributed by atoms with E-state index in [0.717, 1.165) is 42.8 Å². The Morgan fingerprint density at radius 2 is 2.16 bits per heavy atom. The third kappa shape index (κ3) is 2.24. The summed E-state index contributed by atoms with van der Waals surface area (Å²) in [5.41, 5.74) is 7.93. The van der Waals surface area contributed by atoms with E-state index in [1.54, 1.807) is 0 Å². The molecule has 0 amide bonds. The van der Waals surface area contributed by atoms with E-state index < -0.39 is 0 Å². The molecule has 0 bridgehead atoms. The summed E-state index contributed by atoms with van der Waals surface area (Å²) in [6.07, 6.45) is 3.40. The van der Waals surface area contributed by atoms with Crippen molar-refractivity contribution in [1.82, 2.24) is 25.2 Å². The van der Waals surface area contributed by atoms with Gasteiger partial charge in [0.1, 0.15) is 12.0 Å². The first-order valence-electron chi connectivity index (χ1n) is 6.34. The van der Waals surface area contributed by atoms with E-state index in [0.29, 0.717) is 11.8 Å². The monoisotopic (exact) mass is 259 g/mol. The van der Waals surface area contributed by atoms with Gasteiger partial charge < -0.3 is 20.9 Å². The van der Waals surface area contributed by atoms with Gasteiger partial charge >= 0.3 is 0 Å². The molecule has 0 aliphatic carbocycles. The van der Waals surface area contributed by atoms with E-state index in [-0.39, 0.29) is 0 Å². The molecule has 2 aromatic rings. The van der Waals surface area contributed by atoms with Crippen LogP contribution in [0.4, 0.5) is 5.82 Å². The van der Waals surface area contributed by atoms with Gasteiger partial charge in [0, 0.05) is 32.4 Å². The molecule has 4 N–H and O–H groups in total. The minimum atomic E-state index is 0.516. The fourth-order valence-corrected chi connectivity index (χ4v) is 2.26. The maximum absolute atomic E-state index is 6.07. The minimum Gasteiger partial charge on any atom is -0.369 e. The Labute approximate surface area is 110 Å². The van der Waals surface area contributed by atoms with Crippen molar-refractivity contribution in [3.05, 3.63) is 18.1 Å². The normalized spacial score (nSPS) is 17.1. The highest BCUT2D eigenvalue weighted by molar-refractivity contribution is 5.92. The van der Waals surface area contributed by atoms with Gasteiger partial charge in [-0.25, -0.2) is 9.97 Å². The van der Waals surface area contributed by atoms with Crippen molar-refractivity contribution >= 4 is 22.8 Å². The van der Waals surface area contributed by atoms with Crippen molar-refractivity contribution in [1.29, 1.82) is 0 Å². The molecule has 7 heteroatoms. The van der Waals surface area contributed by atoms with E-state index in [9.17, 15) is 0 Å². The third-order valence-corrected chi connectivity index (χ3v) is 3.31. The predicted octanol–water partition coefficient (Wildman–Crippen LogP) is 0.118. The molecule has 0 unspecified atom stereocenters. The molecule has 7 nitrogen and oxygen atoms in total. The number of guanidine groups is 1. The number of fused-ring (bicyclic) bond motifs is 1. The van der Waals surface area contributed by atoms with E-state index in [2.05, 4.69) is 30.2 Å². The van der Waals surface area contributed by atoms with Crippen molar-refractivity contribution in [2.75, 3.05) is 26.2 Å². The van der Waals surface area contributed by atoms with E-state index in [1.165, 1.54) is 6.33 Å². The van der Waals surface area contributed by atoms with Crippen LogP contribution in [-0.2, 0) is 0 Å². The molecule has 3 heterocycles. The molecule has 1 fully saturated rings. The maximum Gasteiger partial charge on any atom is 0.198 e. The number of aromatic amines is 1. The minimum absolute atomic E-state index is 0.516. The fourth-order valence-electron chi connectivity index (χ4n) is 2.26. The van der Waals surface area contributed by atoms with Crippen molar-refractivity contribution in [2.24, 2.45) is 10.7 Å². The van der Waals surface area contributed by atoms with Gasteiger partial charge in [-0.3, -0.25) is 0 Å². The summed E-state index contributed by atoms with van der Waals surface area (Å²) < 4.78 is 0. The second-order valence-corrected chi connectivity index (χ2v) is 4.60. The summed E-state index contributed by atoms with van der Waals surface area (Å²) in [4.78, 5) is 18.0. The number of hydrogen-bond donors (Lipinski definition) is 3. The van der Waals surface area contributed by atoms with Crippen LogP contribution in [0.1, 0.15) is 5.56 Å². The number of aromatic nitrogens is 3. The number of H-pyrrole nitrogens is 1. The number of rotatable bonds is 1. The zero-order valence-corrected chi connectivity index (χ0v) is 10.8. The lowest BCUT2D eigenvalue weighted by Gasteiger charge is -2.28. The molecular weight excluding hydrogens is 242 g/mol. The first-order valence-corrected chi connectivity index (χ1v) is 6.34. The quantitative estimate of drug-likeness (QED) is 0.499. The summed E-state index contributed by atoms with van der Waals surface area (Å²) >= 11 is 0. The average Bonchev–Trinajstić information content (AvgIpc) is 2.83. The first kappa shape index (κ1) is 11.9. The summed E-state index contributed by atoms with van der Waals surface area (Å²) in [5, 5.41) is 4.22. The van der Waals surface area contributed by atoms with E-state index >= 15 is 0 Å². The molecule has 1 aliphatic rings. The van der Waals surface area contributed by atoms with Crippen molar-refractivity contribution in [2.45, 2.75) is 6.92 Å². The predicted molar refractivity (Wildman–Crippen MR) is 74.4 cm³/mol. The number of hydrogen-bond acceptors (Lipinski definition) is 4.